The van der Waals surface area contributed by atoms with Crippen LogP contribution in [-0.2, 0) is 26.6 Å². The van der Waals surface area contributed by atoms with Gasteiger partial charge in [0, 0.05) is 18.4 Å². The summed E-state index contributed by atoms with van der Waals surface area (Å²) in [4.78, 5) is 13.8. The summed E-state index contributed by atoms with van der Waals surface area (Å²) < 4.78 is 39.0. The zero-order valence-corrected chi connectivity index (χ0v) is 24.7. The highest BCUT2D eigenvalue weighted by molar-refractivity contribution is 7.99. The van der Waals surface area contributed by atoms with Gasteiger partial charge in [-0.2, -0.15) is 0 Å². The van der Waals surface area contributed by atoms with E-state index in [1.54, 1.807) is 6.08 Å². The van der Waals surface area contributed by atoms with E-state index in [1.165, 1.54) is 12.1 Å². The molecular weight excluding hydrogens is 610 g/mol. The molecule has 2 aromatic rings. The van der Waals surface area contributed by atoms with Gasteiger partial charge in [0.15, 0.2) is 5.82 Å². The Kier molecular flexibility index (Phi) is 6.82. The Morgan fingerprint density at radius 3 is 2.54 bits per heavy atom. The minimum Gasteiger partial charge on any atom is -0.362 e. The fourth-order valence-corrected chi connectivity index (χ4v) is 7.70. The van der Waals surface area contributed by atoms with Crippen molar-refractivity contribution < 1.29 is 18.4 Å². The van der Waals surface area contributed by atoms with Crippen molar-refractivity contribution in [1.29, 1.82) is 0 Å². The summed E-state index contributed by atoms with van der Waals surface area (Å²) >= 11 is 24.6. The van der Waals surface area contributed by atoms with Gasteiger partial charge in [0.25, 0.3) is 0 Å². The number of hydrogen-bond acceptors (Lipinski definition) is 5. The van der Waals surface area contributed by atoms with Crippen molar-refractivity contribution in [3.05, 3.63) is 79.0 Å². The lowest BCUT2D eigenvalue weighted by Crippen LogP contribution is -2.61. The number of hydrogen-bond donors (Lipinski definition) is 1. The Morgan fingerprint density at radius 1 is 1.21 bits per heavy atom. The topological polar surface area (TPSA) is 53.9 Å². The average molecular weight is 633 g/mol. The van der Waals surface area contributed by atoms with Crippen molar-refractivity contribution in [2.24, 2.45) is 21.6 Å². The molecule has 39 heavy (non-hydrogen) atoms. The molecule has 206 valence electrons. The first-order chi connectivity index (χ1) is 18.4. The van der Waals surface area contributed by atoms with Crippen LogP contribution in [0.4, 0.5) is 8.87 Å². The zero-order valence-electron chi connectivity index (χ0n) is 20.8. The van der Waals surface area contributed by atoms with Crippen molar-refractivity contribution in [3.8, 4) is 0 Å². The van der Waals surface area contributed by atoms with Crippen LogP contribution in [0.15, 0.2) is 45.3 Å². The van der Waals surface area contributed by atoms with Crippen LogP contribution in [0, 0.1) is 23.1 Å². The van der Waals surface area contributed by atoms with E-state index in [0.29, 0.717) is 31.0 Å². The van der Waals surface area contributed by atoms with E-state index >= 15 is 0 Å². The fourth-order valence-electron chi connectivity index (χ4n) is 6.05. The summed E-state index contributed by atoms with van der Waals surface area (Å²) in [6.07, 6.45) is 1.94. The van der Waals surface area contributed by atoms with E-state index in [-0.39, 0.29) is 44.1 Å². The number of benzene rings is 2. The molecule has 12 heteroatoms. The third kappa shape index (κ3) is 4.42. The highest BCUT2D eigenvalue weighted by Crippen LogP contribution is 2.61. The molecular formula is C27H23Cl4F2N3O2S. The first-order valence-corrected chi connectivity index (χ1v) is 14.6. The van der Waals surface area contributed by atoms with Crippen LogP contribution >= 0.6 is 58.4 Å². The molecule has 1 aliphatic carbocycles. The maximum absolute atomic E-state index is 14.2. The summed E-state index contributed by atoms with van der Waals surface area (Å²) in [6, 6.07) is 8.65. The molecule has 6 rings (SSSR count). The molecule has 1 N–H and O–H groups in total. The fraction of sp³-hybridized carbons (Fsp3) is 0.407. The molecule has 1 saturated carbocycles. The van der Waals surface area contributed by atoms with E-state index in [4.69, 9.17) is 51.1 Å². The minimum absolute atomic E-state index is 0.0174. The number of ether oxygens (including phenoxy) is 1. The van der Waals surface area contributed by atoms with E-state index in [2.05, 4.69) is 4.40 Å². The molecule has 3 heterocycles. The van der Waals surface area contributed by atoms with Gasteiger partial charge in [0.2, 0.25) is 5.91 Å². The lowest BCUT2D eigenvalue weighted by atomic mass is 9.83. The van der Waals surface area contributed by atoms with Gasteiger partial charge in [-0.1, -0.05) is 72.4 Å². The van der Waals surface area contributed by atoms with Gasteiger partial charge in [-0.3, -0.25) is 4.79 Å². The summed E-state index contributed by atoms with van der Waals surface area (Å²) in [7, 11) is 0. The van der Waals surface area contributed by atoms with Gasteiger partial charge in [0.05, 0.1) is 41.4 Å². The molecule has 4 aliphatic rings. The molecule has 3 aliphatic heterocycles. The highest BCUT2D eigenvalue weighted by atomic mass is 35.5. The SMILES string of the molecule is CC1(C)C(C=C(Cl)Cl)C1C(=O)N1CC2(C1)OCc1cc(C3=NSC(NF)(c4cc(Cl)c(F)c(Cl)c4)C3)ccc12. The van der Waals surface area contributed by atoms with Gasteiger partial charge in [-0.05, 0) is 57.9 Å². The normalized spacial score (nSPS) is 27.7. The van der Waals surface area contributed by atoms with Gasteiger partial charge >= 0.3 is 0 Å². The van der Waals surface area contributed by atoms with E-state index < -0.39 is 16.3 Å². The van der Waals surface area contributed by atoms with Crippen LogP contribution in [0.3, 0.4) is 0 Å². The first kappa shape index (κ1) is 27.8. The molecule has 1 spiro atoms. The van der Waals surface area contributed by atoms with Gasteiger partial charge in [-0.15, -0.1) is 10.0 Å². The number of likely N-dealkylation sites (tertiary alicyclic amines) is 1. The molecule has 3 unspecified atom stereocenters. The smallest absolute Gasteiger partial charge is 0.227 e. The second kappa shape index (κ2) is 9.58. The lowest BCUT2D eigenvalue weighted by molar-refractivity contribution is -0.170. The Bertz CT molecular complexity index is 1440. The van der Waals surface area contributed by atoms with Crippen molar-refractivity contribution >= 4 is 70.0 Å². The predicted octanol–water partition coefficient (Wildman–Crippen LogP) is 7.46. The minimum atomic E-state index is -1.28. The third-order valence-electron chi connectivity index (χ3n) is 8.45. The predicted molar refractivity (Wildman–Crippen MR) is 151 cm³/mol. The second-order valence-electron chi connectivity index (χ2n) is 11.1. The molecule has 0 aromatic heterocycles. The zero-order chi connectivity index (χ0) is 27.9. The molecule has 0 radical (unpaired) electrons. The van der Waals surface area contributed by atoms with Crippen molar-refractivity contribution in [3.63, 3.8) is 0 Å². The molecule has 1 saturated heterocycles. The number of halogens is 6. The number of fused-ring (bicyclic) bond motifs is 2. The molecule has 1 amide bonds. The van der Waals surface area contributed by atoms with Gasteiger partial charge < -0.3 is 9.64 Å². The summed E-state index contributed by atoms with van der Waals surface area (Å²) in [5.74, 6) is -0.799. The number of rotatable bonds is 5. The van der Waals surface area contributed by atoms with Crippen LogP contribution in [0.2, 0.25) is 10.0 Å². The Balaban J connectivity index is 1.17. The molecule has 0 bridgehead atoms. The summed E-state index contributed by atoms with van der Waals surface area (Å²) in [5.41, 5.74) is 5.05. The number of nitrogens with one attached hydrogen (secondary N) is 1. The molecule has 2 fully saturated rings. The molecule has 5 nitrogen and oxygen atoms in total. The monoisotopic (exact) mass is 631 g/mol. The van der Waals surface area contributed by atoms with Gasteiger partial charge in [-0.25, -0.2) is 8.79 Å². The summed E-state index contributed by atoms with van der Waals surface area (Å²) in [6.45, 7) is 5.45. The average Bonchev–Trinajstić information content (AvgIpc) is 3.23. The second-order valence-corrected chi connectivity index (χ2v) is 14.0. The Hall–Kier alpha value is -1.39. The van der Waals surface area contributed by atoms with Gasteiger partial charge in [0.1, 0.15) is 15.0 Å². The maximum Gasteiger partial charge on any atom is 0.227 e. The number of carbonyl (C=O) groups is 1. The van der Waals surface area contributed by atoms with Crippen LogP contribution < -0.4 is 5.54 Å². The lowest BCUT2D eigenvalue weighted by Gasteiger charge is -2.48. The molecule has 2 aromatic carbocycles. The largest absolute Gasteiger partial charge is 0.362 e. The molecule has 3 atom stereocenters. The van der Waals surface area contributed by atoms with E-state index in [1.807, 2.05) is 42.5 Å². The van der Waals surface area contributed by atoms with Crippen LogP contribution in [0.5, 0.6) is 0 Å². The summed E-state index contributed by atoms with van der Waals surface area (Å²) in [5, 5.41) is -0.372. The number of allylic oxidation sites excluding steroid dienone is 1. The number of amides is 1. The Morgan fingerprint density at radius 2 is 1.90 bits per heavy atom. The Labute approximate surface area is 248 Å². The maximum atomic E-state index is 14.2. The van der Waals surface area contributed by atoms with E-state index in [0.717, 1.165) is 28.6 Å². The highest BCUT2D eigenvalue weighted by Gasteiger charge is 2.64. The van der Waals surface area contributed by atoms with Crippen LogP contribution in [-0.4, -0.2) is 29.6 Å². The standard InChI is InChI=1S/C27H23Cl4F2N3O2S/c1-25(2)17(8-21(30)31)22(25)24(37)36-11-26(12-36)16-4-3-13(5-14(16)10-38-26)20-9-27(35-33,39-34-20)15-6-18(28)23(32)19(29)7-15/h3-8,17,22,35H,9-12H2,1-2H3. The first-order valence-electron chi connectivity index (χ1n) is 12.3. The van der Waals surface area contributed by atoms with E-state index in [9.17, 15) is 13.7 Å². The van der Waals surface area contributed by atoms with Crippen molar-refractivity contribution in [2.45, 2.75) is 37.3 Å². The third-order valence-corrected chi connectivity index (χ3v) is 10.3. The van der Waals surface area contributed by atoms with Crippen LogP contribution in [0.25, 0.3) is 0 Å². The number of nitrogens with zero attached hydrogens (tertiary/aromatic N) is 2. The quantitative estimate of drug-likeness (QED) is 0.211. The van der Waals surface area contributed by atoms with Crippen molar-refractivity contribution in [1.82, 2.24) is 10.4 Å². The number of carbonyl (C=O) groups excluding carboxylic acids is 1. The van der Waals surface area contributed by atoms with Crippen molar-refractivity contribution in [2.75, 3.05) is 13.1 Å². The van der Waals surface area contributed by atoms with Crippen LogP contribution in [0.1, 0.15) is 42.5 Å².